The number of Topliss-reactive ketones (excluding diaryl/α,β-unsaturated/α-hetero) is 1. The van der Waals surface area contributed by atoms with Crippen LogP contribution in [0.15, 0.2) is 54.6 Å². The molecule has 4 nitrogen and oxygen atoms in total. The molecule has 2 aliphatic heterocycles. The van der Waals surface area contributed by atoms with Crippen LogP contribution in [0.2, 0.25) is 0 Å². The molecule has 3 aliphatic rings. The Hall–Kier alpha value is -2.17. The number of carbonyl (C=O) groups is 1. The summed E-state index contributed by atoms with van der Waals surface area (Å²) in [5.41, 5.74) is 1.22. The molecule has 0 spiro atoms. The second-order valence-electron chi connectivity index (χ2n) is 8.23. The van der Waals surface area contributed by atoms with E-state index >= 15 is 0 Å². The highest BCUT2D eigenvalue weighted by atomic mass is 16.5. The molecule has 2 heterocycles. The van der Waals surface area contributed by atoms with Crippen molar-refractivity contribution < 1.29 is 19.0 Å². The fourth-order valence-electron chi connectivity index (χ4n) is 4.43. The molecule has 5 rings (SSSR count). The van der Waals surface area contributed by atoms with Crippen molar-refractivity contribution >= 4 is 5.78 Å². The number of hydrogen-bond donors (Lipinski definition) is 0. The van der Waals surface area contributed by atoms with Crippen LogP contribution in [0.1, 0.15) is 44.6 Å². The van der Waals surface area contributed by atoms with Gasteiger partial charge in [0.2, 0.25) is 0 Å². The summed E-state index contributed by atoms with van der Waals surface area (Å²) in [7, 11) is 0. The van der Waals surface area contributed by atoms with E-state index in [0.29, 0.717) is 6.61 Å². The van der Waals surface area contributed by atoms with Crippen molar-refractivity contribution in [2.24, 2.45) is 5.41 Å². The third kappa shape index (κ3) is 4.13. The van der Waals surface area contributed by atoms with Crippen molar-refractivity contribution in [3.8, 4) is 11.5 Å². The molecular weight excluding hydrogens is 352 g/mol. The Labute approximate surface area is 166 Å². The Bertz CT molecular complexity index is 790. The molecule has 2 saturated heterocycles. The summed E-state index contributed by atoms with van der Waals surface area (Å²) in [5, 5.41) is 0. The predicted molar refractivity (Wildman–Crippen MR) is 108 cm³/mol. The van der Waals surface area contributed by atoms with Gasteiger partial charge in [-0.3, -0.25) is 4.79 Å². The third-order valence-electron chi connectivity index (χ3n) is 6.19. The number of fused-ring (bicyclic) bond motifs is 3. The average Bonchev–Trinajstić information content (AvgIpc) is 2.74. The van der Waals surface area contributed by atoms with Gasteiger partial charge in [-0.2, -0.15) is 0 Å². The van der Waals surface area contributed by atoms with E-state index in [1.165, 1.54) is 5.56 Å². The summed E-state index contributed by atoms with van der Waals surface area (Å²) in [4.78, 5) is 11.0. The van der Waals surface area contributed by atoms with Gasteiger partial charge in [0.25, 0.3) is 0 Å². The van der Waals surface area contributed by atoms with Crippen molar-refractivity contribution in [1.29, 1.82) is 0 Å². The molecule has 0 aromatic heterocycles. The van der Waals surface area contributed by atoms with Crippen LogP contribution in [0, 0.1) is 5.41 Å². The highest BCUT2D eigenvalue weighted by Crippen LogP contribution is 2.55. The maximum atomic E-state index is 11.0. The van der Waals surface area contributed by atoms with Gasteiger partial charge < -0.3 is 14.2 Å². The molecule has 0 N–H and O–H groups in total. The van der Waals surface area contributed by atoms with Crippen LogP contribution < -0.4 is 4.74 Å². The van der Waals surface area contributed by atoms with Crippen LogP contribution in [-0.4, -0.2) is 25.6 Å². The van der Waals surface area contributed by atoms with Gasteiger partial charge in [-0.1, -0.05) is 30.3 Å². The predicted octanol–water partition coefficient (Wildman–Crippen LogP) is 5.26. The Morgan fingerprint density at radius 2 is 1.75 bits per heavy atom. The van der Waals surface area contributed by atoms with Crippen LogP contribution in [0.4, 0.5) is 0 Å². The fourth-order valence-corrected chi connectivity index (χ4v) is 4.43. The summed E-state index contributed by atoms with van der Waals surface area (Å²) in [5.74, 6) is 1.77. The van der Waals surface area contributed by atoms with E-state index in [0.717, 1.165) is 50.2 Å². The number of para-hydroxylation sites is 1. The lowest BCUT2D eigenvalue weighted by Crippen LogP contribution is -2.49. The molecule has 2 aromatic rings. The first-order valence-electron chi connectivity index (χ1n) is 10.1. The van der Waals surface area contributed by atoms with Crippen LogP contribution >= 0.6 is 0 Å². The number of benzene rings is 2. The molecule has 3 fully saturated rings. The Morgan fingerprint density at radius 1 is 1.00 bits per heavy atom. The van der Waals surface area contributed by atoms with E-state index in [1.807, 2.05) is 36.4 Å². The zero-order valence-corrected chi connectivity index (χ0v) is 16.5. The minimum absolute atomic E-state index is 0.0812. The lowest BCUT2D eigenvalue weighted by Gasteiger charge is -2.53. The van der Waals surface area contributed by atoms with Crippen LogP contribution in [0.3, 0.4) is 0 Å². The zero-order valence-electron chi connectivity index (χ0n) is 16.5. The van der Waals surface area contributed by atoms with Crippen molar-refractivity contribution in [1.82, 2.24) is 0 Å². The van der Waals surface area contributed by atoms with E-state index in [4.69, 9.17) is 14.2 Å². The van der Waals surface area contributed by atoms with E-state index in [2.05, 4.69) is 18.2 Å². The summed E-state index contributed by atoms with van der Waals surface area (Å²) >= 11 is 0. The highest BCUT2D eigenvalue weighted by Gasteiger charge is 2.50. The monoisotopic (exact) mass is 380 g/mol. The molecular formula is C24H28O4. The van der Waals surface area contributed by atoms with Crippen LogP contribution in [0.25, 0.3) is 0 Å². The van der Waals surface area contributed by atoms with Gasteiger partial charge in [0.15, 0.2) is 5.78 Å². The summed E-state index contributed by atoms with van der Waals surface area (Å²) in [6.07, 6.45) is 5.29. The van der Waals surface area contributed by atoms with Crippen LogP contribution in [-0.2, 0) is 19.9 Å². The second-order valence-corrected chi connectivity index (χ2v) is 8.23. The fraction of sp³-hybridized carbons (Fsp3) is 0.458. The minimum atomic E-state index is -0.196. The summed E-state index contributed by atoms with van der Waals surface area (Å²) in [6, 6.07) is 18.2. The first kappa shape index (κ1) is 19.2. The van der Waals surface area contributed by atoms with E-state index in [1.54, 1.807) is 6.92 Å². The van der Waals surface area contributed by atoms with Gasteiger partial charge in [-0.15, -0.1) is 0 Å². The van der Waals surface area contributed by atoms with Crippen molar-refractivity contribution in [3.05, 3.63) is 60.2 Å². The number of hydrogen-bond acceptors (Lipinski definition) is 4. The van der Waals surface area contributed by atoms with Gasteiger partial charge in [-0.25, -0.2) is 0 Å². The third-order valence-corrected chi connectivity index (χ3v) is 6.19. The highest BCUT2D eigenvalue weighted by molar-refractivity contribution is 5.76. The minimum Gasteiger partial charge on any atom is -0.457 e. The average molecular weight is 380 g/mol. The molecule has 2 bridgehead atoms. The Morgan fingerprint density at radius 3 is 2.43 bits per heavy atom. The van der Waals surface area contributed by atoms with E-state index in [9.17, 15) is 4.79 Å². The van der Waals surface area contributed by atoms with Gasteiger partial charge in [0.05, 0.1) is 12.2 Å². The lowest BCUT2D eigenvalue weighted by atomic mass is 9.63. The summed E-state index contributed by atoms with van der Waals surface area (Å²) in [6.45, 7) is 3.18. The quantitative estimate of drug-likeness (QED) is 0.586. The zero-order chi connectivity index (χ0) is 19.5. The van der Waals surface area contributed by atoms with Crippen molar-refractivity contribution in [2.45, 2.75) is 44.6 Å². The standard InChI is InChI=1S/C24H28O4/c1-19(25)17-26-15-14-23-10-12-24(13-11-23,27-18-23)20-6-5-9-22(16-20)28-21-7-3-2-4-8-21/h2-9,16H,10-15,17-18H2,1H3. The molecule has 4 heteroatoms. The normalized spacial score (nSPS) is 26.2. The smallest absolute Gasteiger partial charge is 0.155 e. The number of rotatable bonds is 8. The van der Waals surface area contributed by atoms with Crippen LogP contribution in [0.5, 0.6) is 11.5 Å². The molecule has 0 radical (unpaired) electrons. The SMILES string of the molecule is CC(=O)COCCC12CCC(c3cccc(Oc4ccccc4)c3)(CC1)OC2. The Kier molecular flexibility index (Phi) is 5.51. The molecule has 0 amide bonds. The number of ether oxygens (including phenoxy) is 3. The van der Waals surface area contributed by atoms with Gasteiger partial charge in [-0.05, 0) is 74.3 Å². The largest absolute Gasteiger partial charge is 0.457 e. The van der Waals surface area contributed by atoms with Crippen molar-refractivity contribution in [2.75, 3.05) is 19.8 Å². The molecule has 0 unspecified atom stereocenters. The van der Waals surface area contributed by atoms with Gasteiger partial charge in [0, 0.05) is 6.61 Å². The van der Waals surface area contributed by atoms with Gasteiger partial charge >= 0.3 is 0 Å². The molecule has 148 valence electrons. The number of carbonyl (C=O) groups excluding carboxylic acids is 1. The van der Waals surface area contributed by atoms with E-state index < -0.39 is 0 Å². The first-order chi connectivity index (χ1) is 13.6. The Balaban J connectivity index is 1.40. The molecule has 28 heavy (non-hydrogen) atoms. The topological polar surface area (TPSA) is 44.8 Å². The van der Waals surface area contributed by atoms with Crippen molar-refractivity contribution in [3.63, 3.8) is 0 Å². The molecule has 1 saturated carbocycles. The molecule has 2 aromatic carbocycles. The maximum absolute atomic E-state index is 11.0. The number of ketones is 1. The lowest BCUT2D eigenvalue weighted by molar-refractivity contribution is -0.194. The molecule has 0 atom stereocenters. The molecule has 1 aliphatic carbocycles. The van der Waals surface area contributed by atoms with E-state index in [-0.39, 0.29) is 23.4 Å². The summed E-state index contributed by atoms with van der Waals surface area (Å²) < 4.78 is 18.0. The second kappa shape index (κ2) is 8.06. The first-order valence-corrected chi connectivity index (χ1v) is 10.1. The maximum Gasteiger partial charge on any atom is 0.155 e. The van der Waals surface area contributed by atoms with Gasteiger partial charge in [0.1, 0.15) is 18.1 Å².